The average Bonchev–Trinajstić information content (AvgIpc) is 2.64. The predicted octanol–water partition coefficient (Wildman–Crippen LogP) is 2.31. The normalized spacial score (nSPS) is 13.0. The Balaban J connectivity index is 1.54. The Morgan fingerprint density at radius 1 is 1.08 bits per heavy atom. The van der Waals surface area contributed by atoms with E-state index in [2.05, 4.69) is 5.32 Å². The van der Waals surface area contributed by atoms with E-state index in [1.807, 2.05) is 30.3 Å². The van der Waals surface area contributed by atoms with Crippen LogP contribution < -0.4 is 10.2 Å². The summed E-state index contributed by atoms with van der Waals surface area (Å²) in [5.41, 5.74) is 1.17. The number of para-hydroxylation sites is 2. The summed E-state index contributed by atoms with van der Waals surface area (Å²) in [7, 11) is 0. The molecular weight excluding hydrogens is 340 g/mol. The predicted molar refractivity (Wildman–Crippen MR) is 95.5 cm³/mol. The molecule has 0 radical (unpaired) electrons. The SMILES string of the molecule is O=C1CN(C(=O)COC(=O)CSc2ccccc2)c2ccccc2N1. The van der Waals surface area contributed by atoms with Gasteiger partial charge in [0.05, 0.1) is 17.1 Å². The van der Waals surface area contributed by atoms with Crippen LogP contribution in [0, 0.1) is 0 Å². The fraction of sp³-hybridized carbons (Fsp3) is 0.167. The van der Waals surface area contributed by atoms with Crippen LogP contribution in [0.3, 0.4) is 0 Å². The Labute approximate surface area is 149 Å². The van der Waals surface area contributed by atoms with Crippen molar-refractivity contribution < 1.29 is 19.1 Å². The summed E-state index contributed by atoms with van der Waals surface area (Å²) in [4.78, 5) is 38.2. The second-order valence-corrected chi connectivity index (χ2v) is 6.36. The minimum absolute atomic E-state index is 0.0911. The average molecular weight is 356 g/mol. The highest BCUT2D eigenvalue weighted by molar-refractivity contribution is 8.00. The quantitative estimate of drug-likeness (QED) is 0.657. The summed E-state index contributed by atoms with van der Waals surface area (Å²) in [6.45, 7) is -0.484. The van der Waals surface area contributed by atoms with E-state index in [0.717, 1.165) is 4.90 Å². The van der Waals surface area contributed by atoms with E-state index in [9.17, 15) is 14.4 Å². The number of ether oxygens (including phenoxy) is 1. The molecule has 0 atom stereocenters. The van der Waals surface area contributed by atoms with Crippen molar-refractivity contribution >= 4 is 40.9 Å². The van der Waals surface area contributed by atoms with Crippen LogP contribution in [0.1, 0.15) is 0 Å². The van der Waals surface area contributed by atoms with Crippen molar-refractivity contribution in [2.45, 2.75) is 4.90 Å². The van der Waals surface area contributed by atoms with Crippen LogP contribution in [0.15, 0.2) is 59.5 Å². The maximum atomic E-state index is 12.3. The molecule has 1 aliphatic rings. The summed E-state index contributed by atoms with van der Waals surface area (Å²) >= 11 is 1.34. The highest BCUT2D eigenvalue weighted by Gasteiger charge is 2.27. The van der Waals surface area contributed by atoms with Crippen LogP contribution in [0.25, 0.3) is 0 Å². The maximum absolute atomic E-state index is 12.3. The Morgan fingerprint density at radius 3 is 2.60 bits per heavy atom. The van der Waals surface area contributed by atoms with Crippen LogP contribution in [0.2, 0.25) is 0 Å². The number of amides is 2. The first-order chi connectivity index (χ1) is 12.1. The Morgan fingerprint density at radius 2 is 1.80 bits per heavy atom. The fourth-order valence-corrected chi connectivity index (χ4v) is 3.09. The van der Waals surface area contributed by atoms with Gasteiger partial charge in [0.1, 0.15) is 6.54 Å². The molecule has 0 spiro atoms. The molecule has 25 heavy (non-hydrogen) atoms. The van der Waals surface area contributed by atoms with Crippen LogP contribution in [-0.4, -0.2) is 36.7 Å². The molecule has 0 saturated carbocycles. The lowest BCUT2D eigenvalue weighted by molar-refractivity contribution is -0.145. The van der Waals surface area contributed by atoms with Crippen molar-refractivity contribution in [3.05, 3.63) is 54.6 Å². The zero-order chi connectivity index (χ0) is 17.6. The van der Waals surface area contributed by atoms with Crippen molar-refractivity contribution in [1.82, 2.24) is 0 Å². The summed E-state index contributed by atoms with van der Waals surface area (Å²) < 4.78 is 5.05. The van der Waals surface area contributed by atoms with E-state index < -0.39 is 18.5 Å². The number of fused-ring (bicyclic) bond motifs is 1. The summed E-state index contributed by atoms with van der Waals surface area (Å²) in [6, 6.07) is 16.5. The van der Waals surface area contributed by atoms with Gasteiger partial charge in [-0.25, -0.2) is 0 Å². The molecular formula is C18H16N2O4S. The number of carbonyl (C=O) groups excluding carboxylic acids is 3. The number of benzene rings is 2. The monoisotopic (exact) mass is 356 g/mol. The lowest BCUT2D eigenvalue weighted by Crippen LogP contribution is -2.44. The van der Waals surface area contributed by atoms with Crippen molar-refractivity contribution in [1.29, 1.82) is 0 Å². The topological polar surface area (TPSA) is 75.7 Å². The van der Waals surface area contributed by atoms with Crippen LogP contribution in [-0.2, 0) is 19.1 Å². The van der Waals surface area contributed by atoms with Gasteiger partial charge in [-0.3, -0.25) is 19.3 Å². The zero-order valence-electron chi connectivity index (χ0n) is 13.3. The Hall–Kier alpha value is -2.80. The number of esters is 1. The van der Waals surface area contributed by atoms with Gasteiger partial charge in [-0.1, -0.05) is 30.3 Å². The molecule has 128 valence electrons. The fourth-order valence-electron chi connectivity index (χ4n) is 2.38. The van der Waals surface area contributed by atoms with Gasteiger partial charge >= 0.3 is 5.97 Å². The smallest absolute Gasteiger partial charge is 0.316 e. The van der Waals surface area contributed by atoms with Gasteiger partial charge in [0.15, 0.2) is 6.61 Å². The number of anilines is 2. The minimum atomic E-state index is -0.475. The summed E-state index contributed by atoms with van der Waals surface area (Å²) in [5.74, 6) is -1.07. The molecule has 0 bridgehead atoms. The standard InChI is InChI=1S/C18H16N2O4S/c21-16-10-20(15-9-5-4-8-14(15)19-16)17(22)11-24-18(23)12-25-13-6-2-1-3-7-13/h1-9H,10-12H2,(H,19,21). The van der Waals surface area contributed by atoms with Crippen LogP contribution in [0.4, 0.5) is 11.4 Å². The number of hydrogen-bond acceptors (Lipinski definition) is 5. The Kier molecular flexibility index (Phi) is 5.35. The molecule has 2 amide bonds. The first kappa shape index (κ1) is 17.0. The number of rotatable bonds is 5. The van der Waals surface area contributed by atoms with Gasteiger partial charge in [-0.2, -0.15) is 0 Å². The van der Waals surface area contributed by atoms with Gasteiger partial charge in [-0.05, 0) is 24.3 Å². The molecule has 1 N–H and O–H groups in total. The highest BCUT2D eigenvalue weighted by atomic mass is 32.2. The molecule has 0 aromatic heterocycles. The molecule has 0 aliphatic carbocycles. The summed E-state index contributed by atoms with van der Waals surface area (Å²) in [6.07, 6.45) is 0. The van der Waals surface area contributed by atoms with E-state index >= 15 is 0 Å². The molecule has 2 aromatic carbocycles. The second-order valence-electron chi connectivity index (χ2n) is 5.31. The van der Waals surface area contributed by atoms with Crippen molar-refractivity contribution in [2.75, 3.05) is 29.1 Å². The van der Waals surface area contributed by atoms with E-state index in [1.165, 1.54) is 16.7 Å². The van der Waals surface area contributed by atoms with Gasteiger partial charge < -0.3 is 10.1 Å². The van der Waals surface area contributed by atoms with Crippen molar-refractivity contribution in [3.8, 4) is 0 Å². The lowest BCUT2D eigenvalue weighted by Gasteiger charge is -2.28. The third kappa shape index (κ3) is 4.39. The first-order valence-electron chi connectivity index (χ1n) is 7.66. The van der Waals surface area contributed by atoms with E-state index in [0.29, 0.717) is 11.4 Å². The largest absolute Gasteiger partial charge is 0.455 e. The molecule has 2 aromatic rings. The third-order valence-corrected chi connectivity index (χ3v) is 4.51. The van der Waals surface area contributed by atoms with Crippen LogP contribution in [0.5, 0.6) is 0 Å². The molecule has 7 heteroatoms. The van der Waals surface area contributed by atoms with Gasteiger partial charge in [0.2, 0.25) is 5.91 Å². The molecule has 3 rings (SSSR count). The number of nitrogens with zero attached hydrogens (tertiary/aromatic N) is 1. The lowest BCUT2D eigenvalue weighted by atomic mass is 10.2. The number of thioether (sulfide) groups is 1. The molecule has 1 aliphatic heterocycles. The number of hydrogen-bond donors (Lipinski definition) is 1. The molecule has 1 heterocycles. The molecule has 0 saturated heterocycles. The first-order valence-corrected chi connectivity index (χ1v) is 8.65. The minimum Gasteiger partial charge on any atom is -0.455 e. The van der Waals surface area contributed by atoms with Crippen molar-refractivity contribution in [3.63, 3.8) is 0 Å². The van der Waals surface area contributed by atoms with E-state index in [-0.39, 0.29) is 18.2 Å². The molecule has 0 fully saturated rings. The number of carbonyl (C=O) groups is 3. The van der Waals surface area contributed by atoms with Crippen LogP contribution >= 0.6 is 11.8 Å². The highest BCUT2D eigenvalue weighted by Crippen LogP contribution is 2.28. The van der Waals surface area contributed by atoms with E-state index in [4.69, 9.17) is 4.74 Å². The Bertz CT molecular complexity index is 795. The number of nitrogens with one attached hydrogen (secondary N) is 1. The molecule has 0 unspecified atom stereocenters. The second kappa shape index (κ2) is 7.85. The van der Waals surface area contributed by atoms with Gasteiger partial charge in [-0.15, -0.1) is 11.8 Å². The van der Waals surface area contributed by atoms with Gasteiger partial charge in [0, 0.05) is 4.90 Å². The maximum Gasteiger partial charge on any atom is 0.316 e. The van der Waals surface area contributed by atoms with Gasteiger partial charge in [0.25, 0.3) is 5.91 Å². The van der Waals surface area contributed by atoms with Crippen molar-refractivity contribution in [2.24, 2.45) is 0 Å². The van der Waals surface area contributed by atoms with E-state index in [1.54, 1.807) is 24.3 Å². The summed E-state index contributed by atoms with van der Waals surface area (Å²) in [5, 5.41) is 2.70. The zero-order valence-corrected chi connectivity index (χ0v) is 14.1. The molecule has 6 nitrogen and oxygen atoms in total. The third-order valence-electron chi connectivity index (χ3n) is 3.53.